The van der Waals surface area contributed by atoms with Gasteiger partial charge in [0.1, 0.15) is 12.4 Å². The van der Waals surface area contributed by atoms with Crippen molar-refractivity contribution >= 4 is 0 Å². The third-order valence-electron chi connectivity index (χ3n) is 1.44. The van der Waals surface area contributed by atoms with Gasteiger partial charge in [0, 0.05) is 6.54 Å². The van der Waals surface area contributed by atoms with E-state index in [1.54, 1.807) is 0 Å². The highest BCUT2D eigenvalue weighted by Crippen LogP contribution is 2.10. The Morgan fingerprint density at radius 3 is 3.09 bits per heavy atom. The van der Waals surface area contributed by atoms with Gasteiger partial charge < -0.3 is 10.1 Å². The van der Waals surface area contributed by atoms with Crippen molar-refractivity contribution < 1.29 is 4.74 Å². The molecule has 0 atom stereocenters. The van der Waals surface area contributed by atoms with E-state index in [0.717, 1.165) is 24.6 Å². The van der Waals surface area contributed by atoms with Gasteiger partial charge in [-0.2, -0.15) is 0 Å². The zero-order valence-electron chi connectivity index (χ0n) is 6.76. The molecule has 1 heterocycles. The summed E-state index contributed by atoms with van der Waals surface area (Å²) in [7, 11) is 0. The molecule has 0 unspecified atom stereocenters. The summed E-state index contributed by atoms with van der Waals surface area (Å²) in [5.41, 5.74) is 0.870. The molecule has 1 rings (SSSR count). The van der Waals surface area contributed by atoms with Crippen molar-refractivity contribution in [1.29, 1.82) is 0 Å². The maximum absolute atomic E-state index is 5.34. The average Bonchev–Trinajstić information content (AvgIpc) is 2.03. The van der Waals surface area contributed by atoms with Crippen molar-refractivity contribution in [1.82, 2.24) is 5.32 Å². The number of hydrogen-bond donors (Lipinski definition) is 1. The van der Waals surface area contributed by atoms with Gasteiger partial charge in [0.15, 0.2) is 0 Å². The van der Waals surface area contributed by atoms with Crippen LogP contribution >= 0.6 is 0 Å². The largest absolute Gasteiger partial charge is 0.490 e. The molecule has 0 aromatic heterocycles. The minimum atomic E-state index is 0.725. The molecule has 0 spiro atoms. The standard InChI is InChI=1S/C9H13NO/c1-3-4-5-9-8(2)10-6-7-11-9/h3-5,10H,2,6-7H2,1H3/b4-3-,9-5+. The first-order valence-corrected chi connectivity index (χ1v) is 3.73. The Labute approximate surface area is 67.2 Å². The maximum atomic E-state index is 5.34. The quantitative estimate of drug-likeness (QED) is 0.614. The number of ether oxygens (including phenoxy) is 1. The minimum Gasteiger partial charge on any atom is -0.490 e. The number of allylic oxidation sites excluding steroid dienone is 3. The Bertz CT molecular complexity index is 204. The van der Waals surface area contributed by atoms with E-state index in [1.165, 1.54) is 0 Å². The van der Waals surface area contributed by atoms with Crippen molar-refractivity contribution in [3.63, 3.8) is 0 Å². The van der Waals surface area contributed by atoms with Crippen molar-refractivity contribution in [2.24, 2.45) is 0 Å². The SMILES string of the molecule is C=C1NCCO/C1=C/C=C\C. The van der Waals surface area contributed by atoms with Crippen LogP contribution in [0.5, 0.6) is 0 Å². The first-order valence-electron chi connectivity index (χ1n) is 3.73. The van der Waals surface area contributed by atoms with Crippen LogP contribution in [0.2, 0.25) is 0 Å². The molecule has 60 valence electrons. The molecule has 0 aromatic carbocycles. The van der Waals surface area contributed by atoms with Crippen LogP contribution in [0.15, 0.2) is 36.3 Å². The van der Waals surface area contributed by atoms with Crippen LogP contribution in [0.1, 0.15) is 6.92 Å². The average molecular weight is 151 g/mol. The minimum absolute atomic E-state index is 0.725. The summed E-state index contributed by atoms with van der Waals surface area (Å²) in [6, 6.07) is 0. The van der Waals surface area contributed by atoms with Gasteiger partial charge >= 0.3 is 0 Å². The van der Waals surface area contributed by atoms with Gasteiger partial charge in [-0.25, -0.2) is 0 Å². The molecule has 0 aromatic rings. The molecular formula is C9H13NO. The summed E-state index contributed by atoms with van der Waals surface area (Å²) < 4.78 is 5.34. The van der Waals surface area contributed by atoms with Crippen LogP contribution in [0.25, 0.3) is 0 Å². The van der Waals surface area contributed by atoms with Gasteiger partial charge in [-0.1, -0.05) is 18.7 Å². The number of rotatable bonds is 1. The molecule has 2 heteroatoms. The van der Waals surface area contributed by atoms with Crippen LogP contribution < -0.4 is 5.32 Å². The predicted molar refractivity (Wildman–Crippen MR) is 46.0 cm³/mol. The molecular weight excluding hydrogens is 138 g/mol. The zero-order chi connectivity index (χ0) is 8.10. The van der Waals surface area contributed by atoms with E-state index >= 15 is 0 Å². The second-order valence-electron chi connectivity index (χ2n) is 2.31. The highest BCUT2D eigenvalue weighted by atomic mass is 16.5. The summed E-state index contributed by atoms with van der Waals surface area (Å²) in [5.74, 6) is 0.842. The van der Waals surface area contributed by atoms with E-state index in [1.807, 2.05) is 25.2 Å². The molecule has 1 fully saturated rings. The fourth-order valence-electron chi connectivity index (χ4n) is 0.869. The van der Waals surface area contributed by atoms with Crippen LogP contribution in [-0.2, 0) is 4.74 Å². The Morgan fingerprint density at radius 1 is 1.64 bits per heavy atom. The predicted octanol–water partition coefficient (Wildman–Crippen LogP) is 1.58. The van der Waals surface area contributed by atoms with Crippen LogP contribution in [0.3, 0.4) is 0 Å². The highest BCUT2D eigenvalue weighted by molar-refractivity contribution is 5.26. The van der Waals surface area contributed by atoms with E-state index in [-0.39, 0.29) is 0 Å². The fraction of sp³-hybridized carbons (Fsp3) is 0.333. The lowest BCUT2D eigenvalue weighted by Crippen LogP contribution is -2.26. The lowest BCUT2D eigenvalue weighted by Gasteiger charge is -2.19. The molecule has 1 aliphatic heterocycles. The number of hydrogen-bond acceptors (Lipinski definition) is 2. The molecule has 1 aliphatic rings. The summed E-state index contributed by atoms with van der Waals surface area (Å²) in [5, 5.41) is 3.12. The number of nitrogens with one attached hydrogen (secondary N) is 1. The van der Waals surface area contributed by atoms with E-state index in [0.29, 0.717) is 0 Å². The second kappa shape index (κ2) is 3.86. The Hall–Kier alpha value is -1.18. The number of morpholine rings is 1. The van der Waals surface area contributed by atoms with Crippen molar-refractivity contribution in [2.75, 3.05) is 13.2 Å². The van der Waals surface area contributed by atoms with Gasteiger partial charge in [-0.3, -0.25) is 0 Å². The van der Waals surface area contributed by atoms with Gasteiger partial charge in [0.2, 0.25) is 0 Å². The molecule has 0 saturated carbocycles. The fourth-order valence-corrected chi connectivity index (χ4v) is 0.869. The van der Waals surface area contributed by atoms with Crippen LogP contribution in [0.4, 0.5) is 0 Å². The van der Waals surface area contributed by atoms with Gasteiger partial charge in [0.05, 0.1) is 5.70 Å². The molecule has 1 N–H and O–H groups in total. The Kier molecular flexibility index (Phi) is 2.78. The van der Waals surface area contributed by atoms with Crippen LogP contribution in [0, 0.1) is 0 Å². The van der Waals surface area contributed by atoms with Crippen molar-refractivity contribution in [3.8, 4) is 0 Å². The van der Waals surface area contributed by atoms with Gasteiger partial charge in [0.25, 0.3) is 0 Å². The summed E-state index contributed by atoms with van der Waals surface area (Å²) in [6.45, 7) is 7.36. The third kappa shape index (κ3) is 2.15. The monoisotopic (exact) mass is 151 g/mol. The third-order valence-corrected chi connectivity index (χ3v) is 1.44. The van der Waals surface area contributed by atoms with Crippen molar-refractivity contribution in [3.05, 3.63) is 36.3 Å². The Balaban J connectivity index is 2.61. The molecule has 0 bridgehead atoms. The topological polar surface area (TPSA) is 21.3 Å². The first-order chi connectivity index (χ1) is 5.34. The smallest absolute Gasteiger partial charge is 0.141 e. The second-order valence-corrected chi connectivity index (χ2v) is 2.31. The van der Waals surface area contributed by atoms with Crippen molar-refractivity contribution in [2.45, 2.75) is 6.92 Å². The molecule has 1 saturated heterocycles. The lowest BCUT2D eigenvalue weighted by atomic mass is 10.3. The van der Waals surface area contributed by atoms with Crippen LogP contribution in [-0.4, -0.2) is 13.2 Å². The van der Waals surface area contributed by atoms with E-state index in [4.69, 9.17) is 4.74 Å². The van der Waals surface area contributed by atoms with E-state index in [9.17, 15) is 0 Å². The van der Waals surface area contributed by atoms with Gasteiger partial charge in [-0.15, -0.1) is 0 Å². The highest BCUT2D eigenvalue weighted by Gasteiger charge is 2.07. The van der Waals surface area contributed by atoms with E-state index in [2.05, 4.69) is 11.9 Å². The molecule has 11 heavy (non-hydrogen) atoms. The molecule has 0 aliphatic carbocycles. The first kappa shape index (κ1) is 7.92. The molecule has 2 nitrogen and oxygen atoms in total. The normalized spacial score (nSPS) is 21.9. The van der Waals surface area contributed by atoms with Gasteiger partial charge in [-0.05, 0) is 13.0 Å². The lowest BCUT2D eigenvalue weighted by molar-refractivity contribution is 0.197. The summed E-state index contributed by atoms with van der Waals surface area (Å²) in [6.07, 6.45) is 5.81. The molecule has 0 radical (unpaired) electrons. The summed E-state index contributed by atoms with van der Waals surface area (Å²) >= 11 is 0. The maximum Gasteiger partial charge on any atom is 0.141 e. The zero-order valence-corrected chi connectivity index (χ0v) is 6.76. The molecule has 0 amide bonds. The van der Waals surface area contributed by atoms with E-state index < -0.39 is 0 Å². The Morgan fingerprint density at radius 2 is 2.45 bits per heavy atom. The summed E-state index contributed by atoms with van der Waals surface area (Å²) in [4.78, 5) is 0.